The average molecular weight is 572 g/mol. The van der Waals surface area contributed by atoms with Crippen molar-refractivity contribution in [2.45, 2.75) is 45.8 Å². The van der Waals surface area contributed by atoms with E-state index in [0.29, 0.717) is 42.7 Å². The van der Waals surface area contributed by atoms with Crippen LogP contribution in [0.4, 0.5) is 5.69 Å². The molecule has 0 aliphatic carbocycles. The summed E-state index contributed by atoms with van der Waals surface area (Å²) in [5.41, 5.74) is 4.37. The Hall–Kier alpha value is -4.37. The number of thiazole rings is 1. The predicted octanol–water partition coefficient (Wildman–Crippen LogP) is 5.60. The number of benzene rings is 3. The minimum atomic E-state index is -0.262. The van der Waals surface area contributed by atoms with E-state index >= 15 is 0 Å². The highest BCUT2D eigenvalue weighted by molar-refractivity contribution is 7.09. The number of hydrogen-bond acceptors (Lipinski definition) is 7. The highest BCUT2D eigenvalue weighted by atomic mass is 32.1. The number of nitrogens with one attached hydrogen (secondary N) is 2. The number of rotatable bonds is 12. The standard InChI is InChI=1S/C32H35N4O4S/c1-21(11-12-23-13-14-28(29(37)16-23)33-18-24-7-5-10-27(15-24)40-4)35-31(38)25-8-6-9-26(17-25)32(39)36(3)19-30-34-22(2)20-41-30/h5,7-10,13-17,20-21,33,37H,11-12,18-19H2,1-4H3,(H,35,38)/t21-/m0/s1. The fourth-order valence-corrected chi connectivity index (χ4v) is 5.15. The molecule has 4 rings (SSSR count). The summed E-state index contributed by atoms with van der Waals surface area (Å²) in [7, 11) is 3.35. The summed E-state index contributed by atoms with van der Waals surface area (Å²) in [4.78, 5) is 31.8. The van der Waals surface area contributed by atoms with Crippen LogP contribution in [0.2, 0.25) is 0 Å². The Labute approximate surface area is 245 Å². The van der Waals surface area contributed by atoms with Crippen LogP contribution in [0.3, 0.4) is 0 Å². The molecule has 0 aliphatic heterocycles. The minimum absolute atomic E-state index is 0.120. The van der Waals surface area contributed by atoms with Gasteiger partial charge in [0.25, 0.3) is 11.8 Å². The van der Waals surface area contributed by atoms with Crippen LogP contribution in [0.5, 0.6) is 11.5 Å². The maximum atomic E-state index is 12.9. The number of phenolic OH excluding ortho intramolecular Hbond substituents is 1. The van der Waals surface area contributed by atoms with Crippen LogP contribution in [-0.4, -0.2) is 47.0 Å². The molecule has 1 atom stereocenters. The lowest BCUT2D eigenvalue weighted by molar-refractivity contribution is 0.0785. The van der Waals surface area contributed by atoms with Crippen molar-refractivity contribution < 1.29 is 19.4 Å². The monoisotopic (exact) mass is 571 g/mol. The van der Waals surface area contributed by atoms with Gasteiger partial charge in [-0.15, -0.1) is 11.3 Å². The van der Waals surface area contributed by atoms with E-state index in [1.54, 1.807) is 43.3 Å². The topological polar surface area (TPSA) is 104 Å². The largest absolute Gasteiger partial charge is 0.506 e. The molecule has 3 aromatic carbocycles. The number of carbonyl (C=O) groups excluding carboxylic acids is 2. The molecule has 0 spiro atoms. The number of aryl methyl sites for hydroxylation is 2. The Balaban J connectivity index is 1.27. The van der Waals surface area contributed by atoms with E-state index in [9.17, 15) is 14.7 Å². The zero-order valence-electron chi connectivity index (χ0n) is 23.7. The lowest BCUT2D eigenvalue weighted by Crippen LogP contribution is -2.33. The first kappa shape index (κ1) is 29.6. The Morgan fingerprint density at radius 1 is 1.12 bits per heavy atom. The number of aromatic nitrogens is 1. The molecule has 1 aromatic heterocycles. The molecule has 0 fully saturated rings. The molecule has 1 heterocycles. The van der Waals surface area contributed by atoms with Gasteiger partial charge in [-0.1, -0.05) is 18.2 Å². The number of anilines is 1. The number of carbonyl (C=O) groups is 2. The van der Waals surface area contributed by atoms with Crippen molar-refractivity contribution in [3.8, 4) is 11.5 Å². The second-order valence-corrected chi connectivity index (χ2v) is 11.0. The van der Waals surface area contributed by atoms with Crippen LogP contribution in [0.1, 0.15) is 55.9 Å². The van der Waals surface area contributed by atoms with Gasteiger partial charge in [0.05, 0.1) is 19.3 Å². The van der Waals surface area contributed by atoms with Crippen molar-refractivity contribution in [2.75, 3.05) is 19.5 Å². The summed E-state index contributed by atoms with van der Waals surface area (Å²) < 4.78 is 5.26. The molecule has 41 heavy (non-hydrogen) atoms. The van der Waals surface area contributed by atoms with Crippen LogP contribution in [0, 0.1) is 13.0 Å². The first-order valence-electron chi connectivity index (χ1n) is 13.4. The van der Waals surface area contributed by atoms with Crippen molar-refractivity contribution in [3.63, 3.8) is 0 Å². The van der Waals surface area contributed by atoms with E-state index in [1.165, 1.54) is 11.3 Å². The summed E-state index contributed by atoms with van der Waals surface area (Å²) in [5, 5.41) is 19.6. The molecule has 213 valence electrons. The third kappa shape index (κ3) is 8.31. The molecular weight excluding hydrogens is 536 g/mol. The molecule has 9 heteroatoms. The molecule has 1 radical (unpaired) electrons. The van der Waals surface area contributed by atoms with E-state index in [4.69, 9.17) is 4.74 Å². The lowest BCUT2D eigenvalue weighted by atomic mass is 10.0. The first-order chi connectivity index (χ1) is 19.7. The van der Waals surface area contributed by atoms with Crippen LogP contribution < -0.4 is 15.4 Å². The van der Waals surface area contributed by atoms with E-state index in [2.05, 4.69) is 21.7 Å². The minimum Gasteiger partial charge on any atom is -0.506 e. The maximum Gasteiger partial charge on any atom is 0.254 e. The van der Waals surface area contributed by atoms with Gasteiger partial charge >= 0.3 is 0 Å². The van der Waals surface area contributed by atoms with Crippen molar-refractivity contribution >= 4 is 28.8 Å². The van der Waals surface area contributed by atoms with Crippen molar-refractivity contribution in [3.05, 3.63) is 105 Å². The zero-order chi connectivity index (χ0) is 29.4. The van der Waals surface area contributed by atoms with Crippen LogP contribution in [0.25, 0.3) is 0 Å². The third-order valence-electron chi connectivity index (χ3n) is 6.61. The molecule has 3 N–H and O–H groups in total. The number of methoxy groups -OCH3 is 1. The molecule has 0 saturated carbocycles. The molecule has 2 amide bonds. The van der Waals surface area contributed by atoms with E-state index in [-0.39, 0.29) is 23.6 Å². The summed E-state index contributed by atoms with van der Waals surface area (Å²) in [6.45, 7) is 4.81. The van der Waals surface area contributed by atoms with Crippen LogP contribution >= 0.6 is 11.3 Å². The number of ether oxygens (including phenoxy) is 1. The van der Waals surface area contributed by atoms with Gasteiger partial charge in [-0.25, -0.2) is 4.98 Å². The van der Waals surface area contributed by atoms with Gasteiger partial charge in [-0.3, -0.25) is 9.59 Å². The van der Waals surface area contributed by atoms with Gasteiger partial charge in [0.2, 0.25) is 0 Å². The summed E-state index contributed by atoms with van der Waals surface area (Å²) in [6.07, 6.45) is 1.36. The number of amides is 2. The fraction of sp³-hybridized carbons (Fsp3) is 0.281. The van der Waals surface area contributed by atoms with E-state index in [0.717, 1.165) is 27.6 Å². The second kappa shape index (κ2) is 13.8. The molecular formula is C32H35N4O4S. The zero-order valence-corrected chi connectivity index (χ0v) is 24.5. The van der Waals surface area contributed by atoms with E-state index in [1.807, 2.05) is 55.6 Å². The second-order valence-electron chi connectivity index (χ2n) is 10.0. The normalized spacial score (nSPS) is 11.5. The maximum absolute atomic E-state index is 12.9. The van der Waals surface area contributed by atoms with Gasteiger partial charge in [0.1, 0.15) is 16.5 Å². The summed E-state index contributed by atoms with van der Waals surface area (Å²) in [5.74, 6) is 0.503. The smallest absolute Gasteiger partial charge is 0.254 e. The first-order valence-corrected chi connectivity index (χ1v) is 14.3. The summed E-state index contributed by atoms with van der Waals surface area (Å²) >= 11 is 1.51. The molecule has 8 nitrogen and oxygen atoms in total. The van der Waals surface area contributed by atoms with Crippen LogP contribution in [-0.2, 0) is 19.5 Å². The highest BCUT2D eigenvalue weighted by Gasteiger charge is 2.17. The van der Waals surface area contributed by atoms with E-state index < -0.39 is 0 Å². The van der Waals surface area contributed by atoms with Gasteiger partial charge in [-0.05, 0) is 86.3 Å². The van der Waals surface area contributed by atoms with Gasteiger partial charge < -0.3 is 25.4 Å². The lowest BCUT2D eigenvalue weighted by Gasteiger charge is -2.17. The average Bonchev–Trinajstić information content (AvgIpc) is 3.39. The van der Waals surface area contributed by atoms with Gasteiger partial charge in [0, 0.05) is 41.8 Å². The molecule has 0 bridgehead atoms. The Morgan fingerprint density at radius 3 is 2.66 bits per heavy atom. The Kier molecular flexibility index (Phi) is 9.97. The predicted molar refractivity (Wildman–Crippen MR) is 162 cm³/mol. The molecule has 4 aromatic rings. The number of phenols is 1. The van der Waals surface area contributed by atoms with Gasteiger partial charge in [0.15, 0.2) is 0 Å². The fourth-order valence-electron chi connectivity index (χ4n) is 4.32. The number of aromatic hydroxyl groups is 1. The Morgan fingerprint density at radius 2 is 1.93 bits per heavy atom. The third-order valence-corrected chi connectivity index (χ3v) is 7.56. The van der Waals surface area contributed by atoms with Crippen LogP contribution in [0.15, 0.2) is 66.0 Å². The SMILES string of the molecule is COc1cccc(CNc2ccc(CC[C@H](C)NC(=O)c3c[c]cc(C(=O)N(C)Cc4nc(C)cs4)c3)cc2O)c1. The Bertz CT molecular complexity index is 1500. The molecule has 0 aliphatic rings. The highest BCUT2D eigenvalue weighted by Crippen LogP contribution is 2.26. The van der Waals surface area contributed by atoms with Crippen molar-refractivity contribution in [1.82, 2.24) is 15.2 Å². The molecule has 0 saturated heterocycles. The number of hydrogen-bond donors (Lipinski definition) is 3. The van der Waals surface area contributed by atoms with Gasteiger partial charge in [-0.2, -0.15) is 0 Å². The quantitative estimate of drug-likeness (QED) is 0.191. The summed E-state index contributed by atoms with van der Waals surface area (Å²) in [6, 6.07) is 20.9. The van der Waals surface area contributed by atoms with Crippen molar-refractivity contribution in [2.24, 2.45) is 0 Å². The number of nitrogens with zero attached hydrogens (tertiary/aromatic N) is 2. The molecule has 0 unspecified atom stereocenters. The van der Waals surface area contributed by atoms with Crippen molar-refractivity contribution in [1.29, 1.82) is 0 Å².